The summed E-state index contributed by atoms with van der Waals surface area (Å²) in [6, 6.07) is 6.80. The monoisotopic (exact) mass is 351 g/mol. The number of anilines is 1. The van der Waals surface area contributed by atoms with Gasteiger partial charge >= 0.3 is 0 Å². The van der Waals surface area contributed by atoms with Crippen LogP contribution < -0.4 is 15.1 Å². The molecule has 0 aliphatic carbocycles. The molecular weight excluding hydrogens is 323 g/mol. The summed E-state index contributed by atoms with van der Waals surface area (Å²) in [4.78, 5) is 28.8. The van der Waals surface area contributed by atoms with Gasteiger partial charge in [-0.2, -0.15) is 0 Å². The highest BCUT2D eigenvalue weighted by molar-refractivity contribution is 5.79. The number of nitrogens with one attached hydrogen (secondary N) is 2. The first-order valence-corrected chi connectivity index (χ1v) is 8.74. The van der Waals surface area contributed by atoms with Gasteiger partial charge in [0.1, 0.15) is 5.82 Å². The summed E-state index contributed by atoms with van der Waals surface area (Å²) in [6.45, 7) is 6.74. The van der Waals surface area contributed by atoms with Crippen LogP contribution >= 0.6 is 0 Å². The van der Waals surface area contributed by atoms with Crippen molar-refractivity contribution in [1.82, 2.24) is 10.2 Å². The second-order valence-corrected chi connectivity index (χ2v) is 6.85. The Hall–Kier alpha value is -2.15. The lowest BCUT2D eigenvalue weighted by molar-refractivity contribution is -0.863. The van der Waals surface area contributed by atoms with Crippen molar-refractivity contribution in [3.8, 4) is 0 Å². The van der Waals surface area contributed by atoms with E-state index in [0.29, 0.717) is 31.9 Å². The Morgan fingerprint density at radius 2 is 1.80 bits per heavy atom. The summed E-state index contributed by atoms with van der Waals surface area (Å²) in [5.74, 6) is -0.254. The summed E-state index contributed by atoms with van der Waals surface area (Å²) in [7, 11) is 1.84. The maximum atomic E-state index is 13.9. The van der Waals surface area contributed by atoms with Gasteiger partial charge in [0, 0.05) is 32.2 Å². The van der Waals surface area contributed by atoms with Crippen LogP contribution in [0.15, 0.2) is 24.3 Å². The summed E-state index contributed by atoms with van der Waals surface area (Å²) >= 11 is 0. The highest BCUT2D eigenvalue weighted by Gasteiger charge is 2.25. The number of piperazine rings is 1. The standard InChI is InChI=1S/C18H27FN4O2/c1-14(2)20-17(24)12-21(3)13-18(25)23-10-8-22(9-11-23)16-7-5-4-6-15(16)19/h4-7,14H,8-13H2,1-3H3,(H,20,24)/p+1. The Balaban J connectivity index is 1.79. The van der Waals surface area contributed by atoms with E-state index in [4.69, 9.17) is 0 Å². The van der Waals surface area contributed by atoms with Crippen molar-refractivity contribution in [3.63, 3.8) is 0 Å². The number of nitrogens with zero attached hydrogens (tertiary/aromatic N) is 2. The van der Waals surface area contributed by atoms with Crippen LogP contribution in [0, 0.1) is 5.82 Å². The number of carbonyl (C=O) groups is 2. The van der Waals surface area contributed by atoms with Crippen LogP contribution in [0.5, 0.6) is 0 Å². The maximum absolute atomic E-state index is 13.9. The third-order valence-electron chi connectivity index (χ3n) is 4.19. The average molecular weight is 351 g/mol. The molecule has 138 valence electrons. The number of likely N-dealkylation sites (N-methyl/N-ethyl adjacent to an activating group) is 1. The molecule has 1 unspecified atom stereocenters. The Labute approximate surface area is 148 Å². The predicted molar refractivity (Wildman–Crippen MR) is 95.1 cm³/mol. The second kappa shape index (κ2) is 8.80. The highest BCUT2D eigenvalue weighted by atomic mass is 19.1. The zero-order chi connectivity index (χ0) is 18.4. The number of benzene rings is 1. The molecule has 1 fully saturated rings. The molecule has 0 saturated carbocycles. The molecule has 2 N–H and O–H groups in total. The fourth-order valence-corrected chi connectivity index (χ4v) is 2.98. The molecule has 6 nitrogen and oxygen atoms in total. The first kappa shape index (κ1) is 19.2. The second-order valence-electron chi connectivity index (χ2n) is 6.85. The van der Waals surface area contributed by atoms with Crippen molar-refractivity contribution in [3.05, 3.63) is 30.1 Å². The van der Waals surface area contributed by atoms with Crippen LogP contribution in [0.4, 0.5) is 10.1 Å². The molecule has 7 heteroatoms. The fraction of sp³-hybridized carbons (Fsp3) is 0.556. The zero-order valence-electron chi connectivity index (χ0n) is 15.2. The van der Waals surface area contributed by atoms with E-state index in [2.05, 4.69) is 5.32 Å². The topological polar surface area (TPSA) is 57.1 Å². The number of hydrogen-bond donors (Lipinski definition) is 2. The van der Waals surface area contributed by atoms with Gasteiger partial charge in [-0.05, 0) is 26.0 Å². The SMILES string of the molecule is CC(C)NC(=O)C[NH+](C)CC(=O)N1CCN(c2ccccc2F)CC1. The minimum absolute atomic E-state index is 0.0306. The van der Waals surface area contributed by atoms with Crippen LogP contribution in [0.2, 0.25) is 0 Å². The van der Waals surface area contributed by atoms with E-state index in [1.165, 1.54) is 6.07 Å². The van der Waals surface area contributed by atoms with Crippen molar-refractivity contribution >= 4 is 17.5 Å². The van der Waals surface area contributed by atoms with Crippen LogP contribution in [0.25, 0.3) is 0 Å². The highest BCUT2D eigenvalue weighted by Crippen LogP contribution is 2.19. The van der Waals surface area contributed by atoms with E-state index in [1.54, 1.807) is 17.0 Å². The quantitative estimate of drug-likeness (QED) is 0.728. The van der Waals surface area contributed by atoms with Gasteiger partial charge in [-0.1, -0.05) is 12.1 Å². The molecule has 1 aromatic rings. The van der Waals surface area contributed by atoms with E-state index in [-0.39, 0.29) is 36.8 Å². The normalized spacial score (nSPS) is 16.0. The Bertz CT molecular complexity index is 600. The molecule has 0 spiro atoms. The molecule has 1 aliphatic rings. The van der Waals surface area contributed by atoms with Crippen molar-refractivity contribution < 1.29 is 18.9 Å². The zero-order valence-corrected chi connectivity index (χ0v) is 15.2. The van der Waals surface area contributed by atoms with Crippen LogP contribution in [-0.2, 0) is 9.59 Å². The summed E-state index contributed by atoms with van der Waals surface area (Å²) < 4.78 is 13.9. The Kier molecular flexibility index (Phi) is 6.75. The minimum Gasteiger partial charge on any atom is -0.366 e. The van der Waals surface area contributed by atoms with Gasteiger partial charge in [0.05, 0.1) is 12.7 Å². The lowest BCUT2D eigenvalue weighted by Gasteiger charge is -2.36. The number of para-hydroxylation sites is 1. The van der Waals surface area contributed by atoms with Crippen LogP contribution in [0.1, 0.15) is 13.8 Å². The maximum Gasteiger partial charge on any atom is 0.277 e. The number of hydrogen-bond acceptors (Lipinski definition) is 3. The Morgan fingerprint density at radius 1 is 1.16 bits per heavy atom. The van der Waals surface area contributed by atoms with Gasteiger partial charge in [0.25, 0.3) is 11.8 Å². The lowest BCUT2D eigenvalue weighted by Crippen LogP contribution is -3.11. The molecule has 0 aromatic heterocycles. The largest absolute Gasteiger partial charge is 0.366 e. The van der Waals surface area contributed by atoms with E-state index < -0.39 is 0 Å². The van der Waals surface area contributed by atoms with Crippen molar-refractivity contribution in [1.29, 1.82) is 0 Å². The van der Waals surface area contributed by atoms with Crippen LogP contribution in [0.3, 0.4) is 0 Å². The third-order valence-corrected chi connectivity index (χ3v) is 4.19. The summed E-state index contributed by atoms with van der Waals surface area (Å²) in [5.41, 5.74) is 0.586. The van der Waals surface area contributed by atoms with Crippen LogP contribution in [-0.4, -0.2) is 69.1 Å². The molecule has 0 radical (unpaired) electrons. The van der Waals surface area contributed by atoms with Crippen molar-refractivity contribution in [2.45, 2.75) is 19.9 Å². The van der Waals surface area contributed by atoms with Gasteiger partial charge < -0.3 is 20.0 Å². The smallest absolute Gasteiger partial charge is 0.277 e. The van der Waals surface area contributed by atoms with Gasteiger partial charge in [-0.15, -0.1) is 0 Å². The molecule has 2 rings (SSSR count). The molecule has 1 aromatic carbocycles. The average Bonchev–Trinajstić information content (AvgIpc) is 2.54. The van der Waals surface area contributed by atoms with Gasteiger partial charge in [-0.3, -0.25) is 9.59 Å². The number of rotatable bonds is 6. The van der Waals surface area contributed by atoms with E-state index in [9.17, 15) is 14.0 Å². The molecule has 25 heavy (non-hydrogen) atoms. The first-order valence-electron chi connectivity index (χ1n) is 8.74. The van der Waals surface area contributed by atoms with E-state index >= 15 is 0 Å². The summed E-state index contributed by atoms with van der Waals surface area (Å²) in [6.07, 6.45) is 0. The lowest BCUT2D eigenvalue weighted by atomic mass is 10.2. The number of carbonyl (C=O) groups excluding carboxylic acids is 2. The number of amides is 2. The molecule has 1 saturated heterocycles. The molecule has 1 aliphatic heterocycles. The predicted octanol–water partition coefficient (Wildman–Crippen LogP) is -0.486. The van der Waals surface area contributed by atoms with Gasteiger partial charge in [0.2, 0.25) is 0 Å². The molecule has 2 amide bonds. The number of quaternary nitrogens is 1. The molecule has 1 heterocycles. The van der Waals surface area contributed by atoms with Crippen molar-refractivity contribution in [2.75, 3.05) is 51.2 Å². The fourth-order valence-electron chi connectivity index (χ4n) is 2.98. The molecular formula is C18H28FN4O2+. The minimum atomic E-state index is -0.234. The third kappa shape index (κ3) is 5.70. The van der Waals surface area contributed by atoms with Gasteiger partial charge in [0.15, 0.2) is 13.1 Å². The van der Waals surface area contributed by atoms with E-state index in [0.717, 1.165) is 4.90 Å². The summed E-state index contributed by atoms with van der Waals surface area (Å²) in [5, 5.41) is 2.83. The van der Waals surface area contributed by atoms with E-state index in [1.807, 2.05) is 31.9 Å². The molecule has 0 bridgehead atoms. The van der Waals surface area contributed by atoms with Gasteiger partial charge in [-0.25, -0.2) is 4.39 Å². The first-order chi connectivity index (χ1) is 11.9. The van der Waals surface area contributed by atoms with Crippen molar-refractivity contribution in [2.24, 2.45) is 0 Å². The Morgan fingerprint density at radius 3 is 2.40 bits per heavy atom. The molecule has 1 atom stereocenters. The number of halogens is 1.